The molecule has 0 unspecified atom stereocenters. The van der Waals surface area contributed by atoms with Gasteiger partial charge in [0.1, 0.15) is 30.1 Å². The Kier molecular flexibility index (Phi) is 8.42. The van der Waals surface area contributed by atoms with Crippen LogP contribution >= 0.6 is 7.75 Å². The van der Waals surface area contributed by atoms with Gasteiger partial charge in [0.05, 0.1) is 6.10 Å². The number of aromatic amines is 1. The van der Waals surface area contributed by atoms with Gasteiger partial charge in [-0.25, -0.2) is 13.8 Å². The number of para-hydroxylation sites is 1. The first-order valence-corrected chi connectivity index (χ1v) is 12.8. The zero-order valence-electron chi connectivity index (χ0n) is 20.5. The lowest BCUT2D eigenvalue weighted by Gasteiger charge is -2.29. The first kappa shape index (κ1) is 28.7. The van der Waals surface area contributed by atoms with Gasteiger partial charge in [0.25, 0.3) is 11.4 Å². The fourth-order valence-corrected chi connectivity index (χ4v) is 5.02. The number of esters is 1. The van der Waals surface area contributed by atoms with Crippen LogP contribution in [0.1, 0.15) is 33.9 Å². The van der Waals surface area contributed by atoms with E-state index in [9.17, 15) is 29.2 Å². The van der Waals surface area contributed by atoms with Crippen molar-refractivity contribution < 1.29 is 42.5 Å². The second-order valence-electron chi connectivity index (χ2n) is 8.91. The van der Waals surface area contributed by atoms with Crippen LogP contribution in [0.25, 0.3) is 0 Å². The standard InChI is InChI=1S/C22H29FN3O10P/c1-13(2)34-17(28)14(3)25-37(32,36-15-8-6-5-7-9-15)33-12-22(23)18(29)21(4,31)19(35-22)26-11-10-16(27)24-20(26)30/h5-11,13-14,18-19,29,31H,12H2,1-4H3,(H,25,32)(H,24,27,30)/t14-,18+,19-,21-,22-,37-/m1/s1. The van der Waals surface area contributed by atoms with E-state index in [1.54, 1.807) is 32.0 Å². The molecule has 3 rings (SSSR count). The van der Waals surface area contributed by atoms with Crippen LogP contribution in [-0.4, -0.2) is 62.0 Å². The third-order valence-corrected chi connectivity index (χ3v) is 6.95. The maximum Gasteiger partial charge on any atom is 0.459 e. The molecule has 0 amide bonds. The molecule has 0 aliphatic carbocycles. The molecule has 1 fully saturated rings. The molecule has 0 radical (unpaired) electrons. The molecule has 0 spiro atoms. The van der Waals surface area contributed by atoms with Crippen LogP contribution < -0.4 is 20.9 Å². The van der Waals surface area contributed by atoms with Crippen molar-refractivity contribution in [2.24, 2.45) is 0 Å². The van der Waals surface area contributed by atoms with E-state index in [0.29, 0.717) is 4.57 Å². The van der Waals surface area contributed by atoms with Crippen LogP contribution in [0.5, 0.6) is 5.75 Å². The van der Waals surface area contributed by atoms with Crippen molar-refractivity contribution in [3.05, 3.63) is 63.4 Å². The molecule has 1 aliphatic heterocycles. The lowest BCUT2D eigenvalue weighted by molar-refractivity contribution is -0.204. The summed E-state index contributed by atoms with van der Waals surface area (Å²) in [5.41, 5.74) is -4.18. The van der Waals surface area contributed by atoms with Crippen LogP contribution in [-0.2, 0) is 23.4 Å². The molecule has 13 nitrogen and oxygen atoms in total. The number of ether oxygens (including phenoxy) is 2. The Balaban J connectivity index is 1.86. The second-order valence-corrected chi connectivity index (χ2v) is 10.6. The van der Waals surface area contributed by atoms with Crippen molar-refractivity contribution in [1.29, 1.82) is 0 Å². The minimum atomic E-state index is -4.55. The quantitative estimate of drug-likeness (QED) is 0.247. The summed E-state index contributed by atoms with van der Waals surface area (Å²) in [6, 6.07) is 7.38. The molecule has 1 aromatic heterocycles. The van der Waals surface area contributed by atoms with E-state index in [0.717, 1.165) is 19.2 Å². The fourth-order valence-electron chi connectivity index (χ4n) is 3.51. The molecule has 0 saturated carbocycles. The van der Waals surface area contributed by atoms with Gasteiger partial charge in [0.2, 0.25) is 0 Å². The van der Waals surface area contributed by atoms with E-state index in [4.69, 9.17) is 18.5 Å². The van der Waals surface area contributed by atoms with Crippen molar-refractivity contribution in [3.63, 3.8) is 0 Å². The Morgan fingerprint density at radius 3 is 2.51 bits per heavy atom. The van der Waals surface area contributed by atoms with Gasteiger partial charge in [0, 0.05) is 12.3 Å². The van der Waals surface area contributed by atoms with Crippen molar-refractivity contribution in [2.45, 2.75) is 63.6 Å². The number of nitrogens with one attached hydrogen (secondary N) is 2. The number of H-pyrrole nitrogens is 1. The van der Waals surface area contributed by atoms with Gasteiger partial charge in [-0.2, -0.15) is 5.09 Å². The number of alkyl halides is 1. The molecule has 4 N–H and O–H groups in total. The largest absolute Gasteiger partial charge is 0.462 e. The fraction of sp³-hybridized carbons (Fsp3) is 0.500. The molecule has 1 aromatic carbocycles. The highest BCUT2D eigenvalue weighted by Crippen LogP contribution is 2.50. The number of carbonyl (C=O) groups is 1. The van der Waals surface area contributed by atoms with E-state index in [-0.39, 0.29) is 5.75 Å². The van der Waals surface area contributed by atoms with Gasteiger partial charge >= 0.3 is 19.4 Å². The number of aliphatic hydroxyl groups is 2. The van der Waals surface area contributed by atoms with Gasteiger partial charge in [-0.05, 0) is 39.8 Å². The van der Waals surface area contributed by atoms with Gasteiger partial charge < -0.3 is 24.2 Å². The zero-order valence-corrected chi connectivity index (χ0v) is 21.4. The van der Waals surface area contributed by atoms with Gasteiger partial charge in [-0.15, -0.1) is 0 Å². The van der Waals surface area contributed by atoms with Gasteiger partial charge in [-0.1, -0.05) is 18.2 Å². The molecule has 1 saturated heterocycles. The Labute approximate surface area is 210 Å². The molecule has 204 valence electrons. The van der Waals surface area contributed by atoms with E-state index in [1.165, 1.54) is 19.1 Å². The molecule has 1 aliphatic rings. The zero-order chi connectivity index (χ0) is 27.6. The summed E-state index contributed by atoms with van der Waals surface area (Å²) in [5.74, 6) is -3.95. The van der Waals surface area contributed by atoms with Crippen LogP contribution in [0.15, 0.2) is 52.2 Å². The average Bonchev–Trinajstić information content (AvgIpc) is 2.98. The van der Waals surface area contributed by atoms with Crippen LogP contribution in [0, 0.1) is 0 Å². The Bertz CT molecular complexity index is 1270. The van der Waals surface area contributed by atoms with Crippen LogP contribution in [0.3, 0.4) is 0 Å². The highest BCUT2D eigenvalue weighted by molar-refractivity contribution is 7.52. The molecule has 37 heavy (non-hydrogen) atoms. The van der Waals surface area contributed by atoms with Crippen molar-refractivity contribution in [3.8, 4) is 5.75 Å². The van der Waals surface area contributed by atoms with Gasteiger partial charge in [0.15, 0.2) is 6.23 Å². The molecule has 15 heteroatoms. The Hall–Kier alpha value is -2.87. The highest BCUT2D eigenvalue weighted by atomic mass is 31.2. The highest BCUT2D eigenvalue weighted by Gasteiger charge is 2.63. The molecule has 2 heterocycles. The van der Waals surface area contributed by atoms with Crippen molar-refractivity contribution in [2.75, 3.05) is 6.61 Å². The van der Waals surface area contributed by atoms with Crippen molar-refractivity contribution in [1.82, 2.24) is 14.6 Å². The topological polar surface area (TPSA) is 178 Å². The lowest BCUT2D eigenvalue weighted by atomic mass is 9.95. The van der Waals surface area contributed by atoms with E-state index in [1.807, 2.05) is 4.98 Å². The number of aliphatic hydroxyl groups excluding tert-OH is 1. The average molecular weight is 545 g/mol. The van der Waals surface area contributed by atoms with E-state index >= 15 is 4.39 Å². The lowest BCUT2D eigenvalue weighted by Crippen LogP contribution is -2.50. The van der Waals surface area contributed by atoms with Crippen molar-refractivity contribution >= 4 is 13.7 Å². The number of hydrogen-bond donors (Lipinski definition) is 4. The molecule has 2 aromatic rings. The summed E-state index contributed by atoms with van der Waals surface area (Å²) < 4.78 is 51.0. The third-order valence-electron chi connectivity index (χ3n) is 5.33. The van der Waals surface area contributed by atoms with Gasteiger partial charge in [-0.3, -0.25) is 23.7 Å². The van der Waals surface area contributed by atoms with Crippen LogP contribution in [0.2, 0.25) is 0 Å². The number of hydrogen-bond acceptors (Lipinski definition) is 10. The SMILES string of the molecule is CC(C)OC(=O)[C@@H](C)N[P@@](=O)(OC[C@@]1(F)O[C@@H](n2ccc(=O)[nH]c2=O)[C@](C)(O)[C@@H]1O)Oc1ccccc1. The molecular formula is C22H29FN3O10P. The number of rotatable bonds is 10. The number of benzene rings is 1. The summed E-state index contributed by atoms with van der Waals surface area (Å²) in [4.78, 5) is 37.7. The summed E-state index contributed by atoms with van der Waals surface area (Å²) in [6.45, 7) is 4.29. The minimum absolute atomic E-state index is 0.0493. The predicted molar refractivity (Wildman–Crippen MR) is 126 cm³/mol. The van der Waals surface area contributed by atoms with Crippen LogP contribution in [0.4, 0.5) is 4.39 Å². The smallest absolute Gasteiger partial charge is 0.459 e. The second kappa shape index (κ2) is 10.9. The van der Waals surface area contributed by atoms with E-state index in [2.05, 4.69) is 5.09 Å². The Morgan fingerprint density at radius 1 is 1.27 bits per heavy atom. The normalized spacial score (nSPS) is 28.0. The monoisotopic (exact) mass is 545 g/mol. The first-order chi connectivity index (χ1) is 17.2. The number of nitrogens with zero attached hydrogens (tertiary/aromatic N) is 1. The molecule has 0 bridgehead atoms. The maximum atomic E-state index is 15.8. The predicted octanol–water partition coefficient (Wildman–Crippen LogP) is 0.977. The Morgan fingerprint density at radius 2 is 1.92 bits per heavy atom. The minimum Gasteiger partial charge on any atom is -0.462 e. The summed E-state index contributed by atoms with van der Waals surface area (Å²) in [6.07, 6.45) is -3.63. The maximum absolute atomic E-state index is 15.8. The number of aromatic nitrogens is 2. The number of halogens is 1. The third kappa shape index (κ3) is 6.53. The first-order valence-electron chi connectivity index (χ1n) is 11.2. The molecule has 6 atom stereocenters. The summed E-state index contributed by atoms with van der Waals surface area (Å²) in [7, 11) is -4.55. The van der Waals surface area contributed by atoms with E-state index < -0.39 is 67.5 Å². The summed E-state index contributed by atoms with van der Waals surface area (Å²) >= 11 is 0. The summed E-state index contributed by atoms with van der Waals surface area (Å²) in [5, 5.41) is 23.7. The number of carbonyl (C=O) groups excluding carboxylic acids is 1. The molecular weight excluding hydrogens is 516 g/mol.